The molecule has 2 nitrogen and oxygen atoms in total. The van der Waals surface area contributed by atoms with Gasteiger partial charge in [-0.05, 0) is 25.5 Å². The van der Waals surface area contributed by atoms with E-state index in [9.17, 15) is 0 Å². The smallest absolute Gasteiger partial charge is 0.183 e. The Morgan fingerprint density at radius 1 is 1.38 bits per heavy atom. The third kappa shape index (κ3) is 2.95. The van der Waals surface area contributed by atoms with Gasteiger partial charge in [0.25, 0.3) is 0 Å². The molecule has 0 saturated heterocycles. The molecule has 0 bridgehead atoms. The summed E-state index contributed by atoms with van der Waals surface area (Å²) in [5.74, 6) is 0. The van der Waals surface area contributed by atoms with Crippen LogP contribution in [0.3, 0.4) is 0 Å². The van der Waals surface area contributed by atoms with E-state index in [-0.39, 0.29) is 0 Å². The van der Waals surface area contributed by atoms with Gasteiger partial charge in [0.15, 0.2) is 5.13 Å². The number of benzene rings is 1. The van der Waals surface area contributed by atoms with Crippen LogP contribution in [0.4, 0.5) is 5.13 Å². The number of hydrogen-bond acceptors (Lipinski definition) is 3. The van der Waals surface area contributed by atoms with Gasteiger partial charge in [-0.1, -0.05) is 46.3 Å². The molecule has 2 unspecified atom stereocenters. The molecule has 16 heavy (non-hydrogen) atoms. The van der Waals surface area contributed by atoms with E-state index in [4.69, 9.17) is 0 Å². The van der Waals surface area contributed by atoms with Crippen LogP contribution in [0.2, 0.25) is 0 Å². The Morgan fingerprint density at radius 2 is 2.12 bits per heavy atom. The highest BCUT2D eigenvalue weighted by atomic mass is 79.9. The maximum atomic E-state index is 4.55. The van der Waals surface area contributed by atoms with Crippen molar-refractivity contribution < 1.29 is 0 Å². The number of nitrogens with zero attached hydrogens (tertiary/aromatic N) is 1. The summed E-state index contributed by atoms with van der Waals surface area (Å²) in [5, 5.41) is 4.46. The summed E-state index contributed by atoms with van der Waals surface area (Å²) in [6, 6.07) is 8.67. The second-order valence-corrected chi connectivity index (χ2v) is 6.64. The molecule has 1 aromatic carbocycles. The van der Waals surface area contributed by atoms with Gasteiger partial charge >= 0.3 is 0 Å². The van der Waals surface area contributed by atoms with Crippen LogP contribution in [0.1, 0.15) is 20.3 Å². The minimum Gasteiger partial charge on any atom is -0.359 e. The van der Waals surface area contributed by atoms with E-state index in [1.807, 2.05) is 12.1 Å². The maximum absolute atomic E-state index is 4.55. The standard InChI is InChI=1S/C12H15BrN2S/c1-8(13)7-9(2)14-12-15-10-5-3-4-6-11(10)16-12/h3-6,8-9H,7H2,1-2H3,(H,14,15). The number of hydrogen-bond donors (Lipinski definition) is 1. The van der Waals surface area contributed by atoms with Gasteiger partial charge in [0, 0.05) is 10.9 Å². The SMILES string of the molecule is CC(Br)CC(C)Nc1nc2ccccc2s1. The summed E-state index contributed by atoms with van der Waals surface area (Å²) in [5.41, 5.74) is 1.08. The number of halogens is 1. The lowest BCUT2D eigenvalue weighted by Gasteiger charge is -2.13. The van der Waals surface area contributed by atoms with Crippen LogP contribution in [0, 0.1) is 0 Å². The number of rotatable bonds is 4. The van der Waals surface area contributed by atoms with Crippen molar-refractivity contribution in [2.75, 3.05) is 5.32 Å². The highest BCUT2D eigenvalue weighted by Crippen LogP contribution is 2.26. The molecule has 86 valence electrons. The number of thiazole rings is 1. The van der Waals surface area contributed by atoms with E-state index >= 15 is 0 Å². The number of para-hydroxylation sites is 1. The molecule has 0 saturated carbocycles. The third-order valence-corrected chi connectivity index (χ3v) is 3.68. The Morgan fingerprint density at radius 3 is 2.81 bits per heavy atom. The molecule has 0 aliphatic carbocycles. The number of nitrogens with one attached hydrogen (secondary N) is 1. The molecule has 0 amide bonds. The molecular formula is C12H15BrN2S. The van der Waals surface area contributed by atoms with Crippen molar-refractivity contribution in [2.45, 2.75) is 31.1 Å². The fourth-order valence-corrected chi connectivity index (χ4v) is 3.23. The van der Waals surface area contributed by atoms with Crippen molar-refractivity contribution in [2.24, 2.45) is 0 Å². The first kappa shape index (κ1) is 11.9. The Labute approximate surface area is 108 Å². The van der Waals surface area contributed by atoms with Crippen LogP contribution in [-0.2, 0) is 0 Å². The fourth-order valence-electron chi connectivity index (χ4n) is 1.69. The van der Waals surface area contributed by atoms with Crippen molar-refractivity contribution in [3.63, 3.8) is 0 Å². The summed E-state index contributed by atoms with van der Waals surface area (Å²) in [7, 11) is 0. The zero-order chi connectivity index (χ0) is 11.5. The minimum atomic E-state index is 0.440. The normalized spacial score (nSPS) is 14.9. The van der Waals surface area contributed by atoms with E-state index in [0.29, 0.717) is 10.9 Å². The fraction of sp³-hybridized carbons (Fsp3) is 0.417. The van der Waals surface area contributed by atoms with Gasteiger partial charge in [0.1, 0.15) is 0 Å². The summed E-state index contributed by atoms with van der Waals surface area (Å²) in [6.07, 6.45) is 1.09. The van der Waals surface area contributed by atoms with Crippen LogP contribution >= 0.6 is 27.3 Å². The summed E-state index contributed by atoms with van der Waals surface area (Å²) in [6.45, 7) is 4.35. The first-order chi connectivity index (χ1) is 7.65. The molecule has 4 heteroatoms. The molecule has 0 spiro atoms. The van der Waals surface area contributed by atoms with Crippen molar-refractivity contribution in [3.8, 4) is 0 Å². The second kappa shape index (κ2) is 5.15. The third-order valence-electron chi connectivity index (χ3n) is 2.34. The largest absolute Gasteiger partial charge is 0.359 e. The zero-order valence-electron chi connectivity index (χ0n) is 9.40. The van der Waals surface area contributed by atoms with Crippen molar-refractivity contribution in [1.29, 1.82) is 0 Å². The van der Waals surface area contributed by atoms with Gasteiger partial charge in [-0.25, -0.2) is 4.98 Å². The lowest BCUT2D eigenvalue weighted by atomic mass is 10.2. The van der Waals surface area contributed by atoms with Crippen molar-refractivity contribution in [1.82, 2.24) is 4.98 Å². The quantitative estimate of drug-likeness (QED) is 0.853. The van der Waals surface area contributed by atoms with Gasteiger partial charge in [0.2, 0.25) is 0 Å². The highest BCUT2D eigenvalue weighted by molar-refractivity contribution is 9.09. The summed E-state index contributed by atoms with van der Waals surface area (Å²) in [4.78, 5) is 5.08. The number of aromatic nitrogens is 1. The van der Waals surface area contributed by atoms with Crippen LogP contribution in [-0.4, -0.2) is 15.9 Å². The average Bonchev–Trinajstić information content (AvgIpc) is 2.57. The molecule has 2 rings (SSSR count). The Bertz CT molecular complexity index is 434. The van der Waals surface area contributed by atoms with E-state index in [2.05, 4.69) is 52.2 Å². The molecular weight excluding hydrogens is 284 g/mol. The van der Waals surface area contributed by atoms with Crippen LogP contribution in [0.15, 0.2) is 24.3 Å². The number of anilines is 1. The van der Waals surface area contributed by atoms with E-state index < -0.39 is 0 Å². The monoisotopic (exact) mass is 298 g/mol. The lowest BCUT2D eigenvalue weighted by molar-refractivity contribution is 0.708. The molecule has 1 heterocycles. The molecule has 0 radical (unpaired) electrons. The Balaban J connectivity index is 2.09. The van der Waals surface area contributed by atoms with Gasteiger partial charge in [0.05, 0.1) is 10.2 Å². The molecule has 0 fully saturated rings. The zero-order valence-corrected chi connectivity index (χ0v) is 11.8. The van der Waals surface area contributed by atoms with Crippen LogP contribution in [0.25, 0.3) is 10.2 Å². The molecule has 0 aliphatic rings. The van der Waals surface area contributed by atoms with Crippen molar-refractivity contribution in [3.05, 3.63) is 24.3 Å². The predicted octanol–water partition coefficient (Wildman–Crippen LogP) is 4.27. The van der Waals surface area contributed by atoms with Crippen LogP contribution < -0.4 is 5.32 Å². The minimum absolute atomic E-state index is 0.440. The van der Waals surface area contributed by atoms with Crippen LogP contribution in [0.5, 0.6) is 0 Å². The van der Waals surface area contributed by atoms with E-state index in [1.165, 1.54) is 4.70 Å². The molecule has 1 aromatic heterocycles. The van der Waals surface area contributed by atoms with E-state index in [1.54, 1.807) is 11.3 Å². The van der Waals surface area contributed by atoms with Crippen molar-refractivity contribution >= 4 is 42.6 Å². The molecule has 1 N–H and O–H groups in total. The first-order valence-electron chi connectivity index (χ1n) is 5.41. The first-order valence-corrected chi connectivity index (χ1v) is 7.14. The highest BCUT2D eigenvalue weighted by Gasteiger charge is 2.08. The average molecular weight is 299 g/mol. The number of alkyl halides is 1. The lowest BCUT2D eigenvalue weighted by Crippen LogP contribution is -2.18. The van der Waals surface area contributed by atoms with E-state index in [0.717, 1.165) is 17.1 Å². The Kier molecular flexibility index (Phi) is 3.82. The predicted molar refractivity (Wildman–Crippen MR) is 75.7 cm³/mol. The number of fused-ring (bicyclic) bond motifs is 1. The second-order valence-electron chi connectivity index (χ2n) is 4.05. The topological polar surface area (TPSA) is 24.9 Å². The Hall–Kier alpha value is -0.610. The molecule has 0 aliphatic heterocycles. The van der Waals surface area contributed by atoms with Gasteiger partial charge in [-0.15, -0.1) is 0 Å². The molecule has 2 atom stereocenters. The van der Waals surface area contributed by atoms with Gasteiger partial charge in [-0.3, -0.25) is 0 Å². The maximum Gasteiger partial charge on any atom is 0.183 e. The summed E-state index contributed by atoms with van der Waals surface area (Å²) >= 11 is 5.28. The summed E-state index contributed by atoms with van der Waals surface area (Å²) < 4.78 is 1.24. The molecule has 2 aromatic rings. The van der Waals surface area contributed by atoms with Gasteiger partial charge < -0.3 is 5.32 Å². The van der Waals surface area contributed by atoms with Gasteiger partial charge in [-0.2, -0.15) is 0 Å².